The van der Waals surface area contributed by atoms with Crippen LogP contribution in [-0.2, 0) is 15.9 Å². The highest BCUT2D eigenvalue weighted by Crippen LogP contribution is 2.31. The SMILES string of the molecule is COCCCOCCOc1ccc2c(c1)CC[C@@H]2N. The van der Waals surface area contributed by atoms with E-state index in [0.29, 0.717) is 13.2 Å². The van der Waals surface area contributed by atoms with E-state index < -0.39 is 0 Å². The molecule has 0 saturated heterocycles. The van der Waals surface area contributed by atoms with Crippen molar-refractivity contribution in [1.29, 1.82) is 0 Å². The summed E-state index contributed by atoms with van der Waals surface area (Å²) in [6.07, 6.45) is 3.02. The fourth-order valence-corrected chi connectivity index (χ4v) is 2.34. The van der Waals surface area contributed by atoms with E-state index in [9.17, 15) is 0 Å². The first-order valence-electron chi connectivity index (χ1n) is 6.89. The molecule has 1 atom stereocenters. The van der Waals surface area contributed by atoms with Gasteiger partial charge >= 0.3 is 0 Å². The Bertz CT molecular complexity index is 395. The van der Waals surface area contributed by atoms with Crippen molar-refractivity contribution >= 4 is 0 Å². The van der Waals surface area contributed by atoms with Crippen LogP contribution in [-0.4, -0.2) is 33.5 Å². The number of aryl methyl sites for hydroxylation is 1. The number of methoxy groups -OCH3 is 1. The second kappa shape index (κ2) is 7.48. The molecular formula is C15H23NO3. The highest BCUT2D eigenvalue weighted by atomic mass is 16.5. The van der Waals surface area contributed by atoms with Crippen LogP contribution in [0.3, 0.4) is 0 Å². The number of nitrogens with two attached hydrogens (primary N) is 1. The first-order chi connectivity index (χ1) is 9.31. The predicted molar refractivity (Wildman–Crippen MR) is 74.5 cm³/mol. The van der Waals surface area contributed by atoms with E-state index in [-0.39, 0.29) is 6.04 Å². The zero-order valence-corrected chi connectivity index (χ0v) is 11.6. The van der Waals surface area contributed by atoms with Gasteiger partial charge in [-0.05, 0) is 42.5 Å². The summed E-state index contributed by atoms with van der Waals surface area (Å²) in [5.74, 6) is 0.911. The molecule has 2 N–H and O–H groups in total. The minimum absolute atomic E-state index is 0.202. The Balaban J connectivity index is 1.67. The molecule has 4 nitrogen and oxygen atoms in total. The maximum absolute atomic E-state index is 6.00. The van der Waals surface area contributed by atoms with Gasteiger partial charge in [-0.2, -0.15) is 0 Å². The molecule has 106 valence electrons. The number of rotatable bonds is 8. The molecule has 0 unspecified atom stereocenters. The van der Waals surface area contributed by atoms with Gasteiger partial charge in [0.25, 0.3) is 0 Å². The van der Waals surface area contributed by atoms with Crippen LogP contribution in [0.25, 0.3) is 0 Å². The molecule has 0 radical (unpaired) electrons. The lowest BCUT2D eigenvalue weighted by Crippen LogP contribution is -2.09. The van der Waals surface area contributed by atoms with Gasteiger partial charge in [0.1, 0.15) is 12.4 Å². The summed E-state index contributed by atoms with van der Waals surface area (Å²) in [6, 6.07) is 6.39. The van der Waals surface area contributed by atoms with Gasteiger partial charge in [-0.3, -0.25) is 0 Å². The Morgan fingerprint density at radius 3 is 2.95 bits per heavy atom. The second-order valence-corrected chi connectivity index (χ2v) is 4.81. The number of hydrogen-bond donors (Lipinski definition) is 1. The van der Waals surface area contributed by atoms with E-state index in [4.69, 9.17) is 19.9 Å². The van der Waals surface area contributed by atoms with E-state index in [1.165, 1.54) is 11.1 Å². The third kappa shape index (κ3) is 4.20. The van der Waals surface area contributed by atoms with Crippen LogP contribution < -0.4 is 10.5 Å². The Labute approximate surface area is 114 Å². The highest BCUT2D eigenvalue weighted by Gasteiger charge is 2.18. The molecule has 19 heavy (non-hydrogen) atoms. The van der Waals surface area contributed by atoms with Crippen LogP contribution in [0.15, 0.2) is 18.2 Å². The average Bonchev–Trinajstić information content (AvgIpc) is 2.79. The zero-order valence-electron chi connectivity index (χ0n) is 11.6. The second-order valence-electron chi connectivity index (χ2n) is 4.81. The number of fused-ring (bicyclic) bond motifs is 1. The maximum atomic E-state index is 6.00. The van der Waals surface area contributed by atoms with Crippen molar-refractivity contribution in [2.45, 2.75) is 25.3 Å². The third-order valence-electron chi connectivity index (χ3n) is 3.37. The smallest absolute Gasteiger partial charge is 0.119 e. The molecule has 1 aliphatic rings. The van der Waals surface area contributed by atoms with E-state index >= 15 is 0 Å². The maximum Gasteiger partial charge on any atom is 0.119 e. The predicted octanol–water partition coefficient (Wildman–Crippen LogP) is 2.06. The minimum atomic E-state index is 0.202. The van der Waals surface area contributed by atoms with Crippen molar-refractivity contribution in [2.24, 2.45) is 5.73 Å². The van der Waals surface area contributed by atoms with Crippen LogP contribution in [0.4, 0.5) is 0 Å². The number of benzene rings is 1. The first-order valence-corrected chi connectivity index (χ1v) is 6.89. The average molecular weight is 265 g/mol. The van der Waals surface area contributed by atoms with Crippen LogP contribution in [0.2, 0.25) is 0 Å². The fraction of sp³-hybridized carbons (Fsp3) is 0.600. The van der Waals surface area contributed by atoms with E-state index in [0.717, 1.165) is 38.2 Å². The summed E-state index contributed by atoms with van der Waals surface area (Å²) in [4.78, 5) is 0. The lowest BCUT2D eigenvalue weighted by molar-refractivity contribution is 0.0806. The Kier molecular flexibility index (Phi) is 5.63. The summed E-state index contributed by atoms with van der Waals surface area (Å²) < 4.78 is 16.1. The Hall–Kier alpha value is -1.10. The number of ether oxygens (including phenoxy) is 3. The molecule has 0 heterocycles. The summed E-state index contributed by atoms with van der Waals surface area (Å²) in [6.45, 7) is 2.65. The molecule has 0 amide bonds. The zero-order chi connectivity index (χ0) is 13.5. The van der Waals surface area contributed by atoms with E-state index in [1.807, 2.05) is 6.07 Å². The molecule has 0 aliphatic heterocycles. The lowest BCUT2D eigenvalue weighted by atomic mass is 10.1. The van der Waals surface area contributed by atoms with Gasteiger partial charge in [0.05, 0.1) is 6.61 Å². The van der Waals surface area contributed by atoms with E-state index in [1.54, 1.807) is 7.11 Å². The normalized spacial score (nSPS) is 17.5. The van der Waals surface area contributed by atoms with Gasteiger partial charge in [-0.1, -0.05) is 6.07 Å². The highest BCUT2D eigenvalue weighted by molar-refractivity contribution is 5.40. The topological polar surface area (TPSA) is 53.7 Å². The largest absolute Gasteiger partial charge is 0.491 e. The summed E-state index contributed by atoms with van der Waals surface area (Å²) >= 11 is 0. The summed E-state index contributed by atoms with van der Waals surface area (Å²) in [5, 5.41) is 0. The molecule has 0 aromatic heterocycles. The first kappa shape index (κ1) is 14.3. The summed E-state index contributed by atoms with van der Waals surface area (Å²) in [7, 11) is 1.70. The van der Waals surface area contributed by atoms with Crippen molar-refractivity contribution in [3.63, 3.8) is 0 Å². The molecule has 4 heteroatoms. The molecular weight excluding hydrogens is 242 g/mol. The van der Waals surface area contributed by atoms with Gasteiger partial charge in [0.2, 0.25) is 0 Å². The Morgan fingerprint density at radius 2 is 2.11 bits per heavy atom. The third-order valence-corrected chi connectivity index (χ3v) is 3.37. The molecule has 0 saturated carbocycles. The minimum Gasteiger partial charge on any atom is -0.491 e. The van der Waals surface area contributed by atoms with Crippen molar-refractivity contribution in [2.75, 3.05) is 33.5 Å². The van der Waals surface area contributed by atoms with Crippen molar-refractivity contribution in [1.82, 2.24) is 0 Å². The quantitative estimate of drug-likeness (QED) is 0.731. The molecule has 1 aliphatic carbocycles. The molecule has 1 aromatic carbocycles. The van der Waals surface area contributed by atoms with Crippen LogP contribution >= 0.6 is 0 Å². The molecule has 0 spiro atoms. The van der Waals surface area contributed by atoms with Crippen molar-refractivity contribution < 1.29 is 14.2 Å². The Morgan fingerprint density at radius 1 is 1.21 bits per heavy atom. The lowest BCUT2D eigenvalue weighted by Gasteiger charge is -2.09. The van der Waals surface area contributed by atoms with E-state index in [2.05, 4.69) is 12.1 Å². The van der Waals surface area contributed by atoms with Crippen molar-refractivity contribution in [3.8, 4) is 5.75 Å². The molecule has 1 aromatic rings. The summed E-state index contributed by atoms with van der Waals surface area (Å²) in [5.41, 5.74) is 8.60. The van der Waals surface area contributed by atoms with Gasteiger partial charge in [-0.25, -0.2) is 0 Å². The van der Waals surface area contributed by atoms with Gasteiger partial charge < -0.3 is 19.9 Å². The van der Waals surface area contributed by atoms with Gasteiger partial charge in [0, 0.05) is 26.4 Å². The van der Waals surface area contributed by atoms with Gasteiger partial charge in [0.15, 0.2) is 0 Å². The monoisotopic (exact) mass is 265 g/mol. The van der Waals surface area contributed by atoms with Crippen molar-refractivity contribution in [3.05, 3.63) is 29.3 Å². The number of hydrogen-bond acceptors (Lipinski definition) is 4. The molecule has 0 fully saturated rings. The van der Waals surface area contributed by atoms with Crippen LogP contribution in [0.5, 0.6) is 5.75 Å². The van der Waals surface area contributed by atoms with Crippen LogP contribution in [0, 0.1) is 0 Å². The van der Waals surface area contributed by atoms with Gasteiger partial charge in [-0.15, -0.1) is 0 Å². The molecule has 0 bridgehead atoms. The molecule has 2 rings (SSSR count). The fourth-order valence-electron chi connectivity index (χ4n) is 2.34. The standard InChI is InChI=1S/C15H23NO3/c1-17-7-2-8-18-9-10-19-13-4-5-14-12(11-13)3-6-15(14)16/h4-5,11,15H,2-3,6-10,16H2,1H3/t15-/m0/s1. The van der Waals surface area contributed by atoms with Crippen LogP contribution in [0.1, 0.15) is 30.0 Å².